The van der Waals surface area contributed by atoms with Gasteiger partial charge in [0, 0.05) is 19.8 Å². The molecule has 15 heavy (non-hydrogen) atoms. The summed E-state index contributed by atoms with van der Waals surface area (Å²) in [6.45, 7) is 8.27. The third kappa shape index (κ3) is 24.9. The van der Waals surface area contributed by atoms with Gasteiger partial charge in [-0.3, -0.25) is 0 Å². The first-order valence-corrected chi connectivity index (χ1v) is 6.51. The molecule has 0 aromatic heterocycles. The minimum absolute atomic E-state index is 0.369. The molecule has 0 radical (unpaired) electrons. The lowest BCUT2D eigenvalue weighted by molar-refractivity contribution is 0.162. The van der Waals surface area contributed by atoms with E-state index in [0.717, 1.165) is 19.6 Å². The summed E-state index contributed by atoms with van der Waals surface area (Å²) in [6, 6.07) is 0. The molecule has 0 spiro atoms. The van der Waals surface area contributed by atoms with E-state index in [9.17, 15) is 0 Å². The molecule has 0 aliphatic carbocycles. The average Bonchev–Trinajstić information content (AvgIpc) is 2.25. The van der Waals surface area contributed by atoms with E-state index in [-0.39, 0.29) is 0 Å². The second-order valence-electron chi connectivity index (χ2n) is 3.63. The van der Waals surface area contributed by atoms with Gasteiger partial charge in [-0.1, -0.05) is 45.4 Å². The SMILES string of the molecule is CCCCCCCCCO.CCOCC. The van der Waals surface area contributed by atoms with Gasteiger partial charge in [0.25, 0.3) is 0 Å². The van der Waals surface area contributed by atoms with Crippen LogP contribution in [-0.4, -0.2) is 24.9 Å². The van der Waals surface area contributed by atoms with Crippen molar-refractivity contribution in [1.29, 1.82) is 0 Å². The molecule has 0 aromatic carbocycles. The normalized spacial score (nSPS) is 9.60. The summed E-state index contributed by atoms with van der Waals surface area (Å²) in [5, 5.41) is 8.47. The lowest BCUT2D eigenvalue weighted by atomic mass is 10.1. The minimum Gasteiger partial charge on any atom is -0.396 e. The Hall–Kier alpha value is -0.0800. The van der Waals surface area contributed by atoms with Crippen molar-refractivity contribution in [3.63, 3.8) is 0 Å². The van der Waals surface area contributed by atoms with Crippen molar-refractivity contribution in [2.75, 3.05) is 19.8 Å². The maximum absolute atomic E-state index is 8.47. The summed E-state index contributed by atoms with van der Waals surface area (Å²) in [6.07, 6.45) is 8.93. The van der Waals surface area contributed by atoms with Gasteiger partial charge < -0.3 is 9.84 Å². The number of rotatable bonds is 9. The van der Waals surface area contributed by atoms with Gasteiger partial charge in [0.2, 0.25) is 0 Å². The van der Waals surface area contributed by atoms with E-state index in [1.807, 2.05) is 13.8 Å². The van der Waals surface area contributed by atoms with Crippen LogP contribution in [0.25, 0.3) is 0 Å². The molecule has 0 heterocycles. The monoisotopic (exact) mass is 218 g/mol. The largest absolute Gasteiger partial charge is 0.396 e. The van der Waals surface area contributed by atoms with Crippen molar-refractivity contribution >= 4 is 0 Å². The molecule has 2 heteroatoms. The topological polar surface area (TPSA) is 29.5 Å². The molecule has 2 nitrogen and oxygen atoms in total. The molecule has 1 N–H and O–H groups in total. The van der Waals surface area contributed by atoms with Crippen LogP contribution in [0.15, 0.2) is 0 Å². The van der Waals surface area contributed by atoms with Gasteiger partial charge in [0.05, 0.1) is 0 Å². The van der Waals surface area contributed by atoms with Crippen molar-refractivity contribution in [2.24, 2.45) is 0 Å². The molecule has 0 saturated carbocycles. The second kappa shape index (κ2) is 19.5. The van der Waals surface area contributed by atoms with Crippen LogP contribution >= 0.6 is 0 Å². The summed E-state index contributed by atoms with van der Waals surface area (Å²) >= 11 is 0. The predicted molar refractivity (Wildman–Crippen MR) is 67.2 cm³/mol. The average molecular weight is 218 g/mol. The Morgan fingerprint density at radius 3 is 1.53 bits per heavy atom. The Bertz CT molecular complexity index is 74.6. The Morgan fingerprint density at radius 2 is 1.20 bits per heavy atom. The lowest BCUT2D eigenvalue weighted by Crippen LogP contribution is -1.84. The van der Waals surface area contributed by atoms with Crippen LogP contribution < -0.4 is 0 Å². The zero-order valence-corrected chi connectivity index (χ0v) is 10.9. The Balaban J connectivity index is 0. The molecular formula is C13H30O2. The third-order valence-electron chi connectivity index (χ3n) is 2.17. The zero-order valence-electron chi connectivity index (χ0n) is 10.9. The summed E-state index contributed by atoms with van der Waals surface area (Å²) in [5.74, 6) is 0. The number of aliphatic hydroxyl groups excluding tert-OH is 1. The standard InChI is InChI=1S/C9H20O.C4H10O/c1-2-3-4-5-6-7-8-9-10;1-3-5-4-2/h10H,2-9H2,1H3;3-4H2,1-2H3. The number of hydrogen-bond acceptors (Lipinski definition) is 2. The van der Waals surface area contributed by atoms with Crippen molar-refractivity contribution in [2.45, 2.75) is 65.7 Å². The van der Waals surface area contributed by atoms with E-state index in [0.29, 0.717) is 6.61 Å². The fourth-order valence-corrected chi connectivity index (χ4v) is 1.27. The molecule has 0 fully saturated rings. The molecule has 0 unspecified atom stereocenters. The van der Waals surface area contributed by atoms with Gasteiger partial charge in [-0.05, 0) is 20.3 Å². The molecule has 0 atom stereocenters. The highest BCUT2D eigenvalue weighted by atomic mass is 16.5. The smallest absolute Gasteiger partial charge is 0.0437 e. The van der Waals surface area contributed by atoms with Crippen molar-refractivity contribution in [3.05, 3.63) is 0 Å². The van der Waals surface area contributed by atoms with E-state index in [4.69, 9.17) is 9.84 Å². The fraction of sp³-hybridized carbons (Fsp3) is 1.00. The van der Waals surface area contributed by atoms with Crippen LogP contribution in [0.1, 0.15) is 65.7 Å². The molecule has 0 saturated heterocycles. The van der Waals surface area contributed by atoms with Crippen LogP contribution in [0.3, 0.4) is 0 Å². The van der Waals surface area contributed by atoms with Gasteiger partial charge >= 0.3 is 0 Å². The third-order valence-corrected chi connectivity index (χ3v) is 2.17. The maximum Gasteiger partial charge on any atom is 0.0437 e. The quantitative estimate of drug-likeness (QED) is 0.597. The summed E-state index contributed by atoms with van der Waals surface area (Å²) < 4.78 is 4.83. The van der Waals surface area contributed by atoms with Crippen LogP contribution in [0.2, 0.25) is 0 Å². The van der Waals surface area contributed by atoms with Crippen LogP contribution in [0.4, 0.5) is 0 Å². The van der Waals surface area contributed by atoms with E-state index in [2.05, 4.69) is 6.92 Å². The summed E-state index contributed by atoms with van der Waals surface area (Å²) in [7, 11) is 0. The first kappa shape index (κ1) is 17.3. The highest BCUT2D eigenvalue weighted by Crippen LogP contribution is 2.05. The van der Waals surface area contributed by atoms with Gasteiger partial charge in [0.15, 0.2) is 0 Å². The molecule has 0 rings (SSSR count). The highest BCUT2D eigenvalue weighted by Gasteiger charge is 1.88. The number of unbranched alkanes of at least 4 members (excludes halogenated alkanes) is 6. The first-order chi connectivity index (χ1) is 7.33. The highest BCUT2D eigenvalue weighted by molar-refractivity contribution is 4.43. The Morgan fingerprint density at radius 1 is 0.733 bits per heavy atom. The van der Waals surface area contributed by atoms with Gasteiger partial charge in [0.1, 0.15) is 0 Å². The number of hydrogen-bond donors (Lipinski definition) is 1. The Labute approximate surface area is 96.0 Å². The Kier molecular flexibility index (Phi) is 22.5. The number of ether oxygens (including phenoxy) is 1. The first-order valence-electron chi connectivity index (χ1n) is 6.51. The van der Waals surface area contributed by atoms with Crippen LogP contribution in [0, 0.1) is 0 Å². The zero-order chi connectivity index (χ0) is 11.8. The molecule has 94 valence electrons. The van der Waals surface area contributed by atoms with Crippen LogP contribution in [0.5, 0.6) is 0 Å². The van der Waals surface area contributed by atoms with Crippen molar-refractivity contribution < 1.29 is 9.84 Å². The van der Waals surface area contributed by atoms with Crippen molar-refractivity contribution in [1.82, 2.24) is 0 Å². The molecular weight excluding hydrogens is 188 g/mol. The summed E-state index contributed by atoms with van der Waals surface area (Å²) in [4.78, 5) is 0. The van der Waals surface area contributed by atoms with Gasteiger partial charge in [-0.15, -0.1) is 0 Å². The molecule has 0 bridgehead atoms. The second-order valence-corrected chi connectivity index (χ2v) is 3.63. The molecule has 0 aromatic rings. The van der Waals surface area contributed by atoms with E-state index < -0.39 is 0 Å². The van der Waals surface area contributed by atoms with Gasteiger partial charge in [-0.25, -0.2) is 0 Å². The summed E-state index contributed by atoms with van der Waals surface area (Å²) in [5.41, 5.74) is 0. The number of aliphatic hydroxyl groups is 1. The fourth-order valence-electron chi connectivity index (χ4n) is 1.27. The van der Waals surface area contributed by atoms with Crippen LogP contribution in [-0.2, 0) is 4.74 Å². The molecule has 0 aliphatic rings. The lowest BCUT2D eigenvalue weighted by Gasteiger charge is -1.97. The van der Waals surface area contributed by atoms with E-state index >= 15 is 0 Å². The van der Waals surface area contributed by atoms with Gasteiger partial charge in [-0.2, -0.15) is 0 Å². The van der Waals surface area contributed by atoms with E-state index in [1.54, 1.807) is 0 Å². The minimum atomic E-state index is 0.369. The maximum atomic E-state index is 8.47. The predicted octanol–water partition coefficient (Wildman–Crippen LogP) is 3.77. The molecule has 0 aliphatic heterocycles. The van der Waals surface area contributed by atoms with Crippen molar-refractivity contribution in [3.8, 4) is 0 Å². The molecule has 0 amide bonds. The van der Waals surface area contributed by atoms with E-state index in [1.165, 1.54) is 38.5 Å².